The quantitative estimate of drug-likeness (QED) is 0.880. The van der Waals surface area contributed by atoms with Crippen LogP contribution in [-0.4, -0.2) is 19.5 Å². The van der Waals surface area contributed by atoms with E-state index in [4.69, 9.17) is 0 Å². The lowest BCUT2D eigenvalue weighted by atomic mass is 10.2. The maximum atomic E-state index is 11.9. The van der Waals surface area contributed by atoms with Crippen molar-refractivity contribution in [3.63, 3.8) is 0 Å². The van der Waals surface area contributed by atoms with Crippen LogP contribution in [0, 0.1) is 0 Å². The van der Waals surface area contributed by atoms with Crippen LogP contribution >= 0.6 is 0 Å². The lowest BCUT2D eigenvalue weighted by Gasteiger charge is -2.13. The highest BCUT2D eigenvalue weighted by atomic mass is 16.1. The van der Waals surface area contributed by atoms with E-state index in [1.54, 1.807) is 10.8 Å². The van der Waals surface area contributed by atoms with Gasteiger partial charge >= 0.3 is 5.69 Å². The van der Waals surface area contributed by atoms with Crippen LogP contribution in [0.4, 0.5) is 0 Å². The molecule has 5 heteroatoms. The van der Waals surface area contributed by atoms with E-state index < -0.39 is 0 Å². The van der Waals surface area contributed by atoms with E-state index >= 15 is 0 Å². The third-order valence-electron chi connectivity index (χ3n) is 3.15. The number of imidazole rings is 1. The molecule has 2 heterocycles. The van der Waals surface area contributed by atoms with Crippen LogP contribution in [-0.2, 0) is 6.42 Å². The van der Waals surface area contributed by atoms with E-state index in [1.165, 1.54) is 0 Å². The number of aryl methyl sites for hydroxylation is 1. The lowest BCUT2D eigenvalue weighted by molar-refractivity contribution is 0.469. The molecule has 0 aliphatic rings. The molecular formula is C12H18N4O. The molecule has 0 saturated heterocycles. The molecule has 0 amide bonds. The number of aromatic nitrogens is 4. The molecule has 1 N–H and O–H groups in total. The predicted octanol–water partition coefficient (Wildman–Crippen LogP) is 2.04. The first kappa shape index (κ1) is 11.8. The fraction of sp³-hybridized carbons (Fsp3) is 0.583. The van der Waals surface area contributed by atoms with Gasteiger partial charge in [-0.15, -0.1) is 0 Å². The molecule has 5 nitrogen and oxygen atoms in total. The fourth-order valence-corrected chi connectivity index (χ4v) is 2.10. The zero-order valence-electron chi connectivity index (χ0n) is 10.5. The Balaban J connectivity index is 2.63. The molecule has 92 valence electrons. The largest absolute Gasteiger partial charge is 0.329 e. The minimum absolute atomic E-state index is 0.109. The molecule has 0 radical (unpaired) electrons. The van der Waals surface area contributed by atoms with Crippen LogP contribution in [0.1, 0.15) is 45.3 Å². The first-order chi connectivity index (χ1) is 8.21. The van der Waals surface area contributed by atoms with Crippen molar-refractivity contribution in [2.45, 2.75) is 46.1 Å². The van der Waals surface area contributed by atoms with E-state index in [1.807, 2.05) is 6.92 Å². The minimum Gasteiger partial charge on any atom is -0.289 e. The molecule has 17 heavy (non-hydrogen) atoms. The van der Waals surface area contributed by atoms with Crippen molar-refractivity contribution < 1.29 is 0 Å². The maximum Gasteiger partial charge on any atom is 0.329 e. The molecule has 0 saturated carbocycles. The van der Waals surface area contributed by atoms with E-state index in [0.717, 1.165) is 25.0 Å². The van der Waals surface area contributed by atoms with Crippen molar-refractivity contribution in [2.75, 3.05) is 0 Å². The Bertz CT molecular complexity index is 565. The number of hydrogen-bond donors (Lipinski definition) is 1. The molecule has 0 aliphatic heterocycles. The van der Waals surface area contributed by atoms with Crippen LogP contribution in [0.3, 0.4) is 0 Å². The molecule has 2 rings (SSSR count). The molecule has 0 spiro atoms. The van der Waals surface area contributed by atoms with E-state index in [9.17, 15) is 4.79 Å². The van der Waals surface area contributed by atoms with Crippen molar-refractivity contribution >= 4 is 11.3 Å². The van der Waals surface area contributed by atoms with Gasteiger partial charge < -0.3 is 0 Å². The number of nitrogens with zero attached hydrogens (tertiary/aromatic N) is 3. The Hall–Kier alpha value is -1.65. The van der Waals surface area contributed by atoms with Gasteiger partial charge in [0.05, 0.1) is 11.9 Å². The molecule has 0 unspecified atom stereocenters. The number of hydrogen-bond acceptors (Lipinski definition) is 3. The highest BCUT2D eigenvalue weighted by molar-refractivity contribution is 5.65. The summed E-state index contributed by atoms with van der Waals surface area (Å²) in [4.78, 5) is 23.5. The Morgan fingerprint density at radius 1 is 1.35 bits per heavy atom. The molecule has 2 aromatic heterocycles. The lowest BCUT2D eigenvalue weighted by Crippen LogP contribution is -2.21. The topological polar surface area (TPSA) is 63.6 Å². The summed E-state index contributed by atoms with van der Waals surface area (Å²) in [5.74, 6) is 0. The normalized spacial score (nSPS) is 11.5. The average Bonchev–Trinajstić information content (AvgIpc) is 2.67. The van der Waals surface area contributed by atoms with Crippen molar-refractivity contribution in [3.8, 4) is 0 Å². The molecule has 0 atom stereocenters. The molecule has 0 bridgehead atoms. The summed E-state index contributed by atoms with van der Waals surface area (Å²) in [7, 11) is 0. The van der Waals surface area contributed by atoms with Gasteiger partial charge in [-0.2, -0.15) is 0 Å². The third kappa shape index (κ3) is 1.97. The molecule has 0 fully saturated rings. The van der Waals surface area contributed by atoms with Crippen LogP contribution < -0.4 is 5.69 Å². The van der Waals surface area contributed by atoms with E-state index in [0.29, 0.717) is 11.3 Å². The predicted molar refractivity (Wildman–Crippen MR) is 67.1 cm³/mol. The number of fused-ring (bicyclic) bond motifs is 1. The monoisotopic (exact) mass is 234 g/mol. The zero-order chi connectivity index (χ0) is 12.4. The van der Waals surface area contributed by atoms with Gasteiger partial charge in [0.25, 0.3) is 0 Å². The molecular weight excluding hydrogens is 216 g/mol. The smallest absolute Gasteiger partial charge is 0.289 e. The fourth-order valence-electron chi connectivity index (χ4n) is 2.10. The second-order valence-electron chi connectivity index (χ2n) is 4.16. The highest BCUT2D eigenvalue weighted by Crippen LogP contribution is 2.17. The van der Waals surface area contributed by atoms with E-state index in [-0.39, 0.29) is 11.7 Å². The summed E-state index contributed by atoms with van der Waals surface area (Å²) in [5, 5.41) is 0. The van der Waals surface area contributed by atoms with E-state index in [2.05, 4.69) is 28.8 Å². The zero-order valence-corrected chi connectivity index (χ0v) is 10.5. The number of nitrogens with one attached hydrogen (secondary N) is 1. The summed E-state index contributed by atoms with van der Waals surface area (Å²) in [6, 6.07) is 0.193. The second-order valence-corrected chi connectivity index (χ2v) is 4.16. The number of H-pyrrole nitrogens is 1. The maximum absolute atomic E-state index is 11.9. The summed E-state index contributed by atoms with van der Waals surface area (Å²) in [5.41, 5.74) is 2.06. The Morgan fingerprint density at radius 2 is 2.06 bits per heavy atom. The van der Waals surface area contributed by atoms with Crippen molar-refractivity contribution in [1.29, 1.82) is 0 Å². The average molecular weight is 234 g/mol. The van der Waals surface area contributed by atoms with Gasteiger partial charge in [-0.1, -0.05) is 20.8 Å². The van der Waals surface area contributed by atoms with Gasteiger partial charge in [0.15, 0.2) is 11.3 Å². The van der Waals surface area contributed by atoms with Crippen LogP contribution in [0.5, 0.6) is 0 Å². The summed E-state index contributed by atoms with van der Waals surface area (Å²) in [6.45, 7) is 6.17. The summed E-state index contributed by atoms with van der Waals surface area (Å²) < 4.78 is 1.72. The first-order valence-electron chi connectivity index (χ1n) is 6.17. The van der Waals surface area contributed by atoms with Crippen molar-refractivity contribution in [2.24, 2.45) is 0 Å². The van der Waals surface area contributed by atoms with Gasteiger partial charge in [0.1, 0.15) is 0 Å². The van der Waals surface area contributed by atoms with Gasteiger partial charge in [0, 0.05) is 6.04 Å². The van der Waals surface area contributed by atoms with Gasteiger partial charge in [-0.3, -0.25) is 9.55 Å². The van der Waals surface area contributed by atoms with Crippen molar-refractivity contribution in [1.82, 2.24) is 19.5 Å². The van der Waals surface area contributed by atoms with Gasteiger partial charge in [-0.25, -0.2) is 14.8 Å². The Kier molecular flexibility index (Phi) is 3.26. The second kappa shape index (κ2) is 4.69. The van der Waals surface area contributed by atoms with Crippen LogP contribution in [0.25, 0.3) is 11.3 Å². The minimum atomic E-state index is -0.109. The van der Waals surface area contributed by atoms with Crippen molar-refractivity contribution in [3.05, 3.63) is 22.4 Å². The summed E-state index contributed by atoms with van der Waals surface area (Å²) in [6.07, 6.45) is 4.40. The standard InChI is InChI=1S/C12H18N4O/c1-4-8-7-13-11-10(14-8)15-12(17)16(11)9(5-2)6-3/h7,9H,4-6H2,1-3H3,(H,14,15,17). The molecule has 0 aromatic carbocycles. The Labute approximate surface area is 99.9 Å². The number of rotatable bonds is 4. The third-order valence-corrected chi connectivity index (χ3v) is 3.15. The molecule has 2 aromatic rings. The van der Waals surface area contributed by atoms with Crippen LogP contribution in [0.15, 0.2) is 11.0 Å². The number of aromatic amines is 1. The van der Waals surface area contributed by atoms with Gasteiger partial charge in [-0.05, 0) is 19.3 Å². The van der Waals surface area contributed by atoms with Gasteiger partial charge in [0.2, 0.25) is 0 Å². The SMILES string of the molecule is CCc1cnc2c(n1)[nH]c(=O)n2C(CC)CC. The highest BCUT2D eigenvalue weighted by Gasteiger charge is 2.15. The molecule has 0 aliphatic carbocycles. The first-order valence-corrected chi connectivity index (χ1v) is 6.17. The van der Waals surface area contributed by atoms with Crippen LogP contribution in [0.2, 0.25) is 0 Å². The Morgan fingerprint density at radius 3 is 2.65 bits per heavy atom. The summed E-state index contributed by atoms with van der Waals surface area (Å²) >= 11 is 0.